The van der Waals surface area contributed by atoms with Gasteiger partial charge in [-0.15, -0.1) is 0 Å². The number of fused-ring (bicyclic) bond motifs is 3. The van der Waals surface area contributed by atoms with E-state index in [1.807, 2.05) is 20.0 Å². The molecule has 34 heteroatoms. The fourth-order valence-corrected chi connectivity index (χ4v) is 13.0. The molecule has 15 rings (SSSR count). The number of nitrogens with zero attached hydrogens (tertiary/aromatic N) is 15. The van der Waals surface area contributed by atoms with Crippen LogP contribution in [-0.2, 0) is 31.2 Å². The molecule has 6 heterocycles. The molecule has 0 aliphatic carbocycles. The second-order valence-electron chi connectivity index (χ2n) is 24.5. The highest BCUT2D eigenvalue weighted by molar-refractivity contribution is 7.89. The number of aryl methyl sites for hydroxylation is 4. The van der Waals surface area contributed by atoms with Gasteiger partial charge >= 0.3 is 0 Å². The maximum absolute atomic E-state index is 11.6. The highest BCUT2D eigenvalue weighted by atomic mass is 35.5. The largest absolute Gasteiger partial charge is 0.435 e. The Hall–Kier alpha value is -13.8. The Labute approximate surface area is 661 Å². The number of benzene rings is 9. The van der Waals surface area contributed by atoms with Crippen LogP contribution in [0.5, 0.6) is 34.9 Å². The number of imidazole rings is 3. The third-order valence-electron chi connectivity index (χ3n) is 16.7. The molecule has 0 saturated carbocycles. The van der Waals surface area contributed by atoms with Crippen LogP contribution in [0.2, 0.25) is 25.1 Å². The van der Waals surface area contributed by atoms with Crippen molar-refractivity contribution in [2.24, 2.45) is 37.7 Å². The number of nitrogens with one attached hydrogen (secondary N) is 3. The minimum absolute atomic E-state index is 0.0255. The van der Waals surface area contributed by atoms with Crippen LogP contribution in [0.15, 0.2) is 206 Å². The number of carbonyl (C=O) groups is 2. The molecule has 2 amide bonds. The molecule has 0 saturated heterocycles. The van der Waals surface area contributed by atoms with Crippen LogP contribution in [0, 0.1) is 40.9 Å². The summed E-state index contributed by atoms with van der Waals surface area (Å²) in [5.41, 5.74) is 23.3. The lowest BCUT2D eigenvalue weighted by Gasteiger charge is -2.14. The first-order valence-corrected chi connectivity index (χ1v) is 36.3. The van der Waals surface area contributed by atoms with E-state index < -0.39 is 21.8 Å². The van der Waals surface area contributed by atoms with Gasteiger partial charge in [0.2, 0.25) is 39.7 Å². The molecule has 554 valence electrons. The van der Waals surface area contributed by atoms with Gasteiger partial charge in [0.25, 0.3) is 17.6 Å². The number of carbonyl (C=O) groups excluding carboxylic acids is 2. The molecule has 112 heavy (non-hydrogen) atoms. The third kappa shape index (κ3) is 17.2. The zero-order valence-electron chi connectivity index (χ0n) is 58.6. The first kappa shape index (κ1) is 76.4. The molecule has 9 N–H and O–H groups in total. The van der Waals surface area contributed by atoms with Gasteiger partial charge < -0.3 is 55.3 Å². The molecule has 0 fully saturated rings. The van der Waals surface area contributed by atoms with Gasteiger partial charge in [-0.25, -0.2) is 28.5 Å². The summed E-state index contributed by atoms with van der Waals surface area (Å²) in [5.74, 6) is 1.14. The first-order valence-electron chi connectivity index (χ1n) is 32.9. The molecular formula is C78H54Cl5N21O7S. The zero-order chi connectivity index (χ0) is 79.2. The maximum atomic E-state index is 11.6. The van der Waals surface area contributed by atoms with Crippen LogP contribution in [-0.4, -0.2) is 78.8 Å². The van der Waals surface area contributed by atoms with Crippen molar-refractivity contribution in [1.82, 2.24) is 58.6 Å². The summed E-state index contributed by atoms with van der Waals surface area (Å²) in [7, 11) is 1.62. The molecule has 0 bridgehead atoms. The summed E-state index contributed by atoms with van der Waals surface area (Å²) in [6, 6.07) is 57.0. The lowest BCUT2D eigenvalue weighted by Crippen LogP contribution is -2.11. The Morgan fingerprint density at radius 2 is 0.750 bits per heavy atom. The van der Waals surface area contributed by atoms with Crippen LogP contribution < -0.4 is 46.8 Å². The van der Waals surface area contributed by atoms with Crippen LogP contribution in [0.3, 0.4) is 0 Å². The summed E-state index contributed by atoms with van der Waals surface area (Å²) in [6.45, 7) is 1.84. The van der Waals surface area contributed by atoms with Crippen molar-refractivity contribution in [2.75, 3.05) is 16.0 Å². The number of primary sulfonamides is 1. The first-order chi connectivity index (χ1) is 53.8. The summed E-state index contributed by atoms with van der Waals surface area (Å²) < 4.78 is 46.7. The molecule has 0 unspecified atom stereocenters. The molecule has 28 nitrogen and oxygen atoms in total. The number of hydrogen-bond acceptors (Lipinski definition) is 22. The van der Waals surface area contributed by atoms with Gasteiger partial charge in [0.05, 0.1) is 83.9 Å². The maximum Gasteiger partial charge on any atom is 0.252 e. The number of aromatic nitrogens is 12. The molecule has 0 atom stereocenters. The Balaban J connectivity index is 0.000000147. The summed E-state index contributed by atoms with van der Waals surface area (Å²) in [5, 5.41) is 43.0. The van der Waals surface area contributed by atoms with Crippen molar-refractivity contribution in [3.05, 3.63) is 259 Å². The van der Waals surface area contributed by atoms with E-state index in [0.717, 1.165) is 38.9 Å². The second-order valence-corrected chi connectivity index (χ2v) is 28.1. The Morgan fingerprint density at radius 1 is 0.420 bits per heavy atom. The number of rotatable bonds is 18. The number of sulfonamides is 1. The topological polar surface area (TPSA) is 412 Å². The van der Waals surface area contributed by atoms with Gasteiger partial charge in [0, 0.05) is 49.3 Å². The average Bonchev–Trinajstić information content (AvgIpc) is 1.43. The minimum atomic E-state index is -3.79. The second kappa shape index (κ2) is 32.6. The highest BCUT2D eigenvalue weighted by Crippen LogP contribution is 2.44. The van der Waals surface area contributed by atoms with Crippen molar-refractivity contribution >= 4 is 148 Å². The smallest absolute Gasteiger partial charge is 0.252 e. The van der Waals surface area contributed by atoms with Crippen LogP contribution in [0.4, 0.5) is 34.9 Å². The SMILES string of the molecule is Cc1cc(-c2ccc(S(N)(=O)=O)cc2)cc(Cl)c1Oc1nc(Nc2ccc(C#N)cc2)nc2c1ncn2C.Cn1cnc2c(Oc3c(Cl)cc(-c4ccc(C(N)=O)cc4)cc3Cl)nc(Nc3ccc(C#N)cc3)nc21.Cn1cnc2nc(Nc3ccc(C#N)cc3)nc(Oc3c(Cl)cc(-c4ccc(C(N)=O)cc4)cc3Cl)c21. The van der Waals surface area contributed by atoms with E-state index in [9.17, 15) is 18.0 Å². The summed E-state index contributed by atoms with van der Waals surface area (Å²) in [4.78, 5) is 62.9. The monoisotopic (exact) mass is 1600 g/mol. The van der Waals surface area contributed by atoms with Crippen LogP contribution in [0.25, 0.3) is 66.9 Å². The third-order valence-corrected chi connectivity index (χ3v) is 19.1. The fourth-order valence-electron chi connectivity index (χ4n) is 11.1. The standard InChI is InChI=1S/2C26H17Cl2N7O2.C26H20ClN7O3S/c1-35-13-31-24-21(35)25(34-26(33-24)32-18-8-2-14(12-29)3-9-18)37-22-19(27)10-17(11-20(22)28)15-4-6-16(7-5-15)23(30)36;1-35-13-31-21-24(35)33-26(32-18-8-2-14(12-29)3-9-18)34-25(21)37-22-19(27)10-17(11-20(22)28)15-4-6-16(7-5-15)23(30)36;1-15-11-18(17-5-9-20(10-6-17)38(29,35)36)12-21(27)23(15)37-25-22-24(34(2)14-30-22)32-26(33-25)31-19-7-3-16(13-28)4-8-19/h2*2-11,13H,1H3,(H2,30,36)(H,32,33,34);3-12,14H,1-2H3,(H2,29,35,36)(H,31,32,33). The predicted octanol–water partition coefficient (Wildman–Crippen LogP) is 16.7. The van der Waals surface area contributed by atoms with E-state index in [1.165, 1.54) is 12.1 Å². The molecular weight excluding hydrogens is 1550 g/mol. The molecule has 0 aliphatic heterocycles. The zero-order valence-corrected chi connectivity index (χ0v) is 63.2. The number of anilines is 6. The fraction of sp³-hybridized carbons (Fsp3) is 0.0513. The predicted molar refractivity (Wildman–Crippen MR) is 426 cm³/mol. The Kier molecular flexibility index (Phi) is 22.2. The molecule has 6 aromatic heterocycles. The van der Waals surface area contributed by atoms with Crippen molar-refractivity contribution in [3.63, 3.8) is 0 Å². The van der Waals surface area contributed by atoms with E-state index >= 15 is 0 Å². The minimum Gasteiger partial charge on any atom is -0.435 e. The van der Waals surface area contributed by atoms with Gasteiger partial charge in [0.1, 0.15) is 0 Å². The number of hydrogen-bond donors (Lipinski definition) is 6. The number of ether oxygens (including phenoxy) is 3. The van der Waals surface area contributed by atoms with E-state index in [4.69, 9.17) is 105 Å². The number of nitriles is 3. The number of nitrogens with two attached hydrogens (primary N) is 3. The van der Waals surface area contributed by atoms with Gasteiger partial charge in [-0.3, -0.25) is 9.59 Å². The van der Waals surface area contributed by atoms with Gasteiger partial charge in [0.15, 0.2) is 50.7 Å². The molecule has 0 spiro atoms. The van der Waals surface area contributed by atoms with Crippen molar-refractivity contribution in [1.29, 1.82) is 15.8 Å². The highest BCUT2D eigenvalue weighted by Gasteiger charge is 2.24. The van der Waals surface area contributed by atoms with Crippen molar-refractivity contribution < 1.29 is 32.2 Å². The number of halogens is 5. The van der Waals surface area contributed by atoms with E-state index in [-0.39, 0.29) is 72.0 Å². The average molecular weight is 1610 g/mol. The summed E-state index contributed by atoms with van der Waals surface area (Å²) >= 11 is 33.0. The van der Waals surface area contributed by atoms with Crippen molar-refractivity contribution in [2.45, 2.75) is 11.8 Å². The van der Waals surface area contributed by atoms with E-state index in [2.05, 4.69) is 79.0 Å². The van der Waals surface area contributed by atoms with Gasteiger partial charge in [-0.2, -0.15) is 45.7 Å². The lowest BCUT2D eigenvalue weighted by molar-refractivity contribution is 0.0992. The molecule has 15 aromatic rings. The Morgan fingerprint density at radius 3 is 1.12 bits per heavy atom. The normalized spacial score (nSPS) is 11.0. The van der Waals surface area contributed by atoms with Gasteiger partial charge in [-0.1, -0.05) is 94.4 Å². The molecule has 0 aliphatic rings. The lowest BCUT2D eigenvalue weighted by atomic mass is 10.0. The quantitative estimate of drug-likeness (QED) is 0.0464. The molecule has 0 radical (unpaired) electrons. The number of amides is 2. The van der Waals surface area contributed by atoms with Crippen LogP contribution >= 0.6 is 58.0 Å². The van der Waals surface area contributed by atoms with E-state index in [0.29, 0.717) is 89.1 Å². The summed E-state index contributed by atoms with van der Waals surface area (Å²) in [6.07, 6.45) is 4.81. The van der Waals surface area contributed by atoms with E-state index in [1.54, 1.807) is 211 Å². The number of primary amides is 2. The van der Waals surface area contributed by atoms with Gasteiger partial charge in [-0.05, 0) is 191 Å². The molecule has 9 aromatic carbocycles. The Bertz CT molecular complexity index is 6380. The van der Waals surface area contributed by atoms with Crippen molar-refractivity contribution in [3.8, 4) is 86.5 Å². The van der Waals surface area contributed by atoms with Crippen LogP contribution in [0.1, 0.15) is 43.0 Å².